The Morgan fingerprint density at radius 3 is 2.50 bits per heavy atom. The van der Waals surface area contributed by atoms with Gasteiger partial charge in [-0.1, -0.05) is 6.92 Å². The highest BCUT2D eigenvalue weighted by Gasteiger charge is 2.33. The van der Waals surface area contributed by atoms with Crippen molar-refractivity contribution < 1.29 is 14.7 Å². The predicted molar refractivity (Wildman–Crippen MR) is 50.8 cm³/mol. The summed E-state index contributed by atoms with van der Waals surface area (Å²) in [6.07, 6.45) is 1.09. The van der Waals surface area contributed by atoms with Gasteiger partial charge in [0.25, 0.3) is 0 Å². The number of hydrogen-bond acceptors (Lipinski definition) is 3. The largest absolute Gasteiger partial charge is 0.480 e. The number of carboxylic acids is 1. The van der Waals surface area contributed by atoms with E-state index in [1.54, 1.807) is 0 Å². The molecule has 1 fully saturated rings. The van der Waals surface area contributed by atoms with Crippen LogP contribution in [-0.4, -0.2) is 35.6 Å². The van der Waals surface area contributed by atoms with E-state index in [2.05, 4.69) is 17.6 Å². The summed E-state index contributed by atoms with van der Waals surface area (Å²) in [4.78, 5) is 21.4. The summed E-state index contributed by atoms with van der Waals surface area (Å²) in [5.41, 5.74) is 0. The molecule has 1 aliphatic rings. The monoisotopic (exact) mass is 200 g/mol. The van der Waals surface area contributed by atoms with Gasteiger partial charge in [-0.05, 0) is 12.3 Å². The summed E-state index contributed by atoms with van der Waals surface area (Å²) < 4.78 is 0. The molecular formula is C9H16N2O3. The summed E-state index contributed by atoms with van der Waals surface area (Å²) in [5, 5.41) is 14.2. The Kier molecular flexibility index (Phi) is 3.46. The van der Waals surface area contributed by atoms with E-state index in [0.29, 0.717) is 18.5 Å². The fraction of sp³-hybridized carbons (Fsp3) is 0.778. The first-order valence-electron chi connectivity index (χ1n) is 4.74. The molecule has 1 aliphatic carbocycles. The number of carbonyl (C=O) groups excluding carboxylic acids is 1. The molecule has 5 heteroatoms. The third kappa shape index (κ3) is 3.33. The van der Waals surface area contributed by atoms with Crippen LogP contribution in [-0.2, 0) is 9.59 Å². The maximum atomic E-state index is 10.7. The quantitative estimate of drug-likeness (QED) is 0.563. The van der Waals surface area contributed by atoms with Crippen molar-refractivity contribution in [3.63, 3.8) is 0 Å². The average molecular weight is 200 g/mol. The van der Waals surface area contributed by atoms with E-state index in [0.717, 1.165) is 6.42 Å². The van der Waals surface area contributed by atoms with Gasteiger partial charge in [-0.25, -0.2) is 4.79 Å². The van der Waals surface area contributed by atoms with E-state index in [1.807, 2.05) is 0 Å². The highest BCUT2D eigenvalue weighted by molar-refractivity contribution is 5.82. The van der Waals surface area contributed by atoms with Gasteiger partial charge >= 0.3 is 5.97 Å². The smallest absolute Gasteiger partial charge is 0.327 e. The minimum absolute atomic E-state index is 0.296. The number of carbonyl (C=O) groups is 2. The van der Waals surface area contributed by atoms with Crippen molar-refractivity contribution in [1.82, 2.24) is 10.6 Å². The van der Waals surface area contributed by atoms with Gasteiger partial charge in [0.15, 0.2) is 0 Å². The zero-order valence-electron chi connectivity index (χ0n) is 8.41. The van der Waals surface area contributed by atoms with E-state index in [1.165, 1.54) is 6.92 Å². The Labute approximate surface area is 82.9 Å². The van der Waals surface area contributed by atoms with Crippen LogP contribution in [0.2, 0.25) is 0 Å². The molecule has 80 valence electrons. The molecule has 0 aromatic heterocycles. The Bertz CT molecular complexity index is 242. The number of hydrogen-bond donors (Lipinski definition) is 3. The third-order valence-electron chi connectivity index (χ3n) is 2.37. The number of rotatable bonds is 5. The fourth-order valence-corrected chi connectivity index (χ4v) is 1.32. The molecule has 5 nitrogen and oxygen atoms in total. The van der Waals surface area contributed by atoms with Crippen molar-refractivity contribution in [1.29, 1.82) is 0 Å². The molecule has 14 heavy (non-hydrogen) atoms. The summed E-state index contributed by atoms with van der Waals surface area (Å²) in [7, 11) is 0. The first-order chi connectivity index (χ1) is 6.50. The van der Waals surface area contributed by atoms with Crippen molar-refractivity contribution in [2.45, 2.75) is 32.4 Å². The van der Waals surface area contributed by atoms with E-state index >= 15 is 0 Å². The molecule has 3 N–H and O–H groups in total. The zero-order valence-corrected chi connectivity index (χ0v) is 8.41. The van der Waals surface area contributed by atoms with Crippen molar-refractivity contribution in [2.24, 2.45) is 5.92 Å². The lowest BCUT2D eigenvalue weighted by atomic mass is 10.3. The number of aliphatic carboxylic acids is 1. The van der Waals surface area contributed by atoms with Crippen LogP contribution in [0.5, 0.6) is 0 Å². The minimum Gasteiger partial charge on any atom is -0.480 e. The second-order valence-corrected chi connectivity index (χ2v) is 3.82. The van der Waals surface area contributed by atoms with E-state index in [4.69, 9.17) is 5.11 Å². The Morgan fingerprint density at radius 2 is 2.14 bits per heavy atom. The van der Waals surface area contributed by atoms with Crippen LogP contribution < -0.4 is 10.6 Å². The van der Waals surface area contributed by atoms with Crippen LogP contribution in [0.4, 0.5) is 0 Å². The summed E-state index contributed by atoms with van der Waals surface area (Å²) in [5.74, 6) is -0.689. The number of nitrogens with one attached hydrogen (secondary N) is 2. The lowest BCUT2D eigenvalue weighted by Gasteiger charge is -2.13. The second kappa shape index (κ2) is 4.41. The molecule has 1 saturated carbocycles. The normalized spacial score (nSPS) is 26.7. The predicted octanol–water partition coefficient (Wildman–Crippen LogP) is -0.426. The van der Waals surface area contributed by atoms with Crippen LogP contribution >= 0.6 is 0 Å². The molecule has 0 aromatic carbocycles. The molecule has 1 rings (SSSR count). The minimum atomic E-state index is -0.999. The van der Waals surface area contributed by atoms with Gasteiger partial charge in [0, 0.05) is 19.5 Å². The molecule has 1 amide bonds. The first-order valence-corrected chi connectivity index (χ1v) is 4.74. The standard InChI is InChI=1S/C9H16N2O3/c1-5-3-7(5)10-4-8(9(13)14)11-6(2)12/h5,7-8,10H,3-4H2,1-2H3,(H,11,12)(H,13,14). The van der Waals surface area contributed by atoms with Gasteiger partial charge in [-0.3, -0.25) is 4.79 Å². The molecule has 3 unspecified atom stereocenters. The average Bonchev–Trinajstić information content (AvgIpc) is 2.74. The van der Waals surface area contributed by atoms with Crippen molar-refractivity contribution in [3.05, 3.63) is 0 Å². The Balaban J connectivity index is 2.28. The topological polar surface area (TPSA) is 78.4 Å². The molecule has 0 radical (unpaired) electrons. The highest BCUT2D eigenvalue weighted by atomic mass is 16.4. The summed E-state index contributed by atoms with van der Waals surface area (Å²) in [6.45, 7) is 3.71. The van der Waals surface area contributed by atoms with Gasteiger partial charge in [-0.2, -0.15) is 0 Å². The van der Waals surface area contributed by atoms with Crippen molar-refractivity contribution >= 4 is 11.9 Å². The van der Waals surface area contributed by atoms with Crippen LogP contribution in [0.15, 0.2) is 0 Å². The SMILES string of the molecule is CC(=O)NC(CNC1CC1C)C(=O)O. The Hall–Kier alpha value is -1.10. The lowest BCUT2D eigenvalue weighted by molar-refractivity contribution is -0.141. The van der Waals surface area contributed by atoms with Gasteiger partial charge in [0.1, 0.15) is 6.04 Å². The highest BCUT2D eigenvalue weighted by Crippen LogP contribution is 2.28. The third-order valence-corrected chi connectivity index (χ3v) is 2.37. The van der Waals surface area contributed by atoms with Gasteiger partial charge in [-0.15, -0.1) is 0 Å². The van der Waals surface area contributed by atoms with Crippen LogP contribution in [0, 0.1) is 5.92 Å². The summed E-state index contributed by atoms with van der Waals surface area (Å²) >= 11 is 0. The molecule has 0 saturated heterocycles. The molecule has 0 aromatic rings. The number of amides is 1. The molecule has 3 atom stereocenters. The lowest BCUT2D eigenvalue weighted by Crippen LogP contribution is -2.47. The molecule has 0 aliphatic heterocycles. The van der Waals surface area contributed by atoms with Gasteiger partial charge in [0.05, 0.1) is 0 Å². The van der Waals surface area contributed by atoms with Crippen molar-refractivity contribution in [3.8, 4) is 0 Å². The van der Waals surface area contributed by atoms with Crippen LogP contribution in [0.25, 0.3) is 0 Å². The van der Waals surface area contributed by atoms with E-state index in [9.17, 15) is 9.59 Å². The van der Waals surface area contributed by atoms with Crippen LogP contribution in [0.1, 0.15) is 20.3 Å². The maximum absolute atomic E-state index is 10.7. The van der Waals surface area contributed by atoms with Gasteiger partial charge < -0.3 is 15.7 Å². The zero-order chi connectivity index (χ0) is 10.7. The molecule has 0 heterocycles. The van der Waals surface area contributed by atoms with Gasteiger partial charge in [0.2, 0.25) is 5.91 Å². The van der Waals surface area contributed by atoms with Crippen molar-refractivity contribution in [2.75, 3.05) is 6.54 Å². The maximum Gasteiger partial charge on any atom is 0.327 e. The number of carboxylic acid groups (broad SMARTS) is 1. The van der Waals surface area contributed by atoms with E-state index < -0.39 is 12.0 Å². The molecule has 0 spiro atoms. The first kappa shape index (κ1) is 11.0. The van der Waals surface area contributed by atoms with E-state index in [-0.39, 0.29) is 5.91 Å². The van der Waals surface area contributed by atoms with Crippen LogP contribution in [0.3, 0.4) is 0 Å². The second-order valence-electron chi connectivity index (χ2n) is 3.82. The molecular weight excluding hydrogens is 184 g/mol. The molecule has 0 bridgehead atoms. The fourth-order valence-electron chi connectivity index (χ4n) is 1.32. The Morgan fingerprint density at radius 1 is 1.57 bits per heavy atom. The summed E-state index contributed by atoms with van der Waals surface area (Å²) in [6, 6.07) is -0.397.